The maximum absolute atomic E-state index is 12.5. The van der Waals surface area contributed by atoms with E-state index in [1.165, 1.54) is 0 Å². The number of benzene rings is 2. The molecular weight excluding hydrogens is 434 g/mol. The van der Waals surface area contributed by atoms with Gasteiger partial charge in [-0.05, 0) is 42.6 Å². The number of carboxylic acids is 1. The summed E-state index contributed by atoms with van der Waals surface area (Å²) in [6.45, 7) is 12.1. The molecule has 0 unspecified atom stereocenters. The fraction of sp³-hybridized carbons (Fsp3) is 0.462. The number of carbonyl (C=O) groups excluding carboxylic acids is 1. The van der Waals surface area contributed by atoms with Crippen LogP contribution in [0, 0.1) is 0 Å². The highest BCUT2D eigenvalue weighted by atomic mass is 28.4. The van der Waals surface area contributed by atoms with E-state index in [-0.39, 0.29) is 24.5 Å². The van der Waals surface area contributed by atoms with E-state index >= 15 is 0 Å². The molecule has 0 radical (unpaired) electrons. The maximum atomic E-state index is 12.5. The first-order valence-corrected chi connectivity index (χ1v) is 13.2. The van der Waals surface area contributed by atoms with Crippen molar-refractivity contribution in [2.75, 3.05) is 6.61 Å². The molecule has 7 heteroatoms. The summed E-state index contributed by atoms with van der Waals surface area (Å²) in [7, 11) is -2.81. The lowest BCUT2D eigenvalue weighted by Crippen LogP contribution is -2.67. The van der Waals surface area contributed by atoms with Gasteiger partial charge in [-0.2, -0.15) is 0 Å². The Kier molecular flexibility index (Phi) is 8.86. The van der Waals surface area contributed by atoms with Gasteiger partial charge in [0, 0.05) is 6.42 Å². The van der Waals surface area contributed by atoms with E-state index < -0.39 is 32.0 Å². The molecule has 1 atom stereocenters. The largest absolute Gasteiger partial charge is 0.481 e. The summed E-state index contributed by atoms with van der Waals surface area (Å²) in [5.41, 5.74) is -0.652. The molecule has 2 aromatic carbocycles. The van der Waals surface area contributed by atoms with E-state index in [1.54, 1.807) is 20.8 Å². The number of carboxylic acid groups (broad SMARTS) is 1. The van der Waals surface area contributed by atoms with E-state index in [2.05, 4.69) is 50.4 Å². The average molecular weight is 472 g/mol. The molecule has 0 aliphatic heterocycles. The predicted octanol–water partition coefficient (Wildman–Crippen LogP) is 4.32. The molecule has 0 heterocycles. The van der Waals surface area contributed by atoms with E-state index in [9.17, 15) is 14.7 Å². The Morgan fingerprint density at radius 2 is 1.39 bits per heavy atom. The molecule has 0 aliphatic rings. The van der Waals surface area contributed by atoms with Crippen molar-refractivity contribution in [2.45, 2.75) is 71.1 Å². The second-order valence-electron chi connectivity index (χ2n) is 10.2. The Morgan fingerprint density at radius 3 is 1.79 bits per heavy atom. The first kappa shape index (κ1) is 26.6. The second kappa shape index (κ2) is 11.0. The van der Waals surface area contributed by atoms with Gasteiger partial charge in [0.1, 0.15) is 5.60 Å². The molecule has 0 fully saturated rings. The number of amides is 1. The number of alkyl carbamates (subject to hydrolysis) is 1. The zero-order chi connectivity index (χ0) is 24.7. The lowest BCUT2D eigenvalue weighted by molar-refractivity contribution is -0.137. The molecule has 2 aromatic rings. The van der Waals surface area contributed by atoms with Crippen LogP contribution in [0.25, 0.3) is 0 Å². The first-order chi connectivity index (χ1) is 15.3. The van der Waals surface area contributed by atoms with Gasteiger partial charge >= 0.3 is 12.1 Å². The topological polar surface area (TPSA) is 84.9 Å². The molecule has 0 spiro atoms. The molecule has 1 amide bonds. The third-order valence-corrected chi connectivity index (χ3v) is 10.4. The smallest absolute Gasteiger partial charge is 0.407 e. The Labute approximate surface area is 198 Å². The molecule has 33 heavy (non-hydrogen) atoms. The Hall–Kier alpha value is -2.64. The standard InChI is InChI=1S/C26H37NO5Si/c1-25(2,3)32-24(30)27-20(17-18-23(28)29)19-31-33(26(4,5)6,21-13-9-7-10-14-21)22-15-11-8-12-16-22/h7-16,20H,17-19H2,1-6H3,(H,27,30)(H,28,29)/t20-/m1/s1. The van der Waals surface area contributed by atoms with Crippen LogP contribution in [0.2, 0.25) is 5.04 Å². The summed E-state index contributed by atoms with van der Waals surface area (Å²) in [5, 5.41) is 14.1. The summed E-state index contributed by atoms with van der Waals surface area (Å²) in [6.07, 6.45) is -0.416. The minimum absolute atomic E-state index is 0.0788. The second-order valence-corrected chi connectivity index (χ2v) is 14.6. The van der Waals surface area contributed by atoms with Gasteiger partial charge in [-0.1, -0.05) is 81.4 Å². The van der Waals surface area contributed by atoms with Crippen molar-refractivity contribution in [3.8, 4) is 0 Å². The van der Waals surface area contributed by atoms with E-state index in [0.29, 0.717) is 0 Å². The van der Waals surface area contributed by atoms with Crippen LogP contribution in [0.15, 0.2) is 60.7 Å². The van der Waals surface area contributed by atoms with Crippen LogP contribution in [-0.2, 0) is 14.0 Å². The highest BCUT2D eigenvalue weighted by molar-refractivity contribution is 6.99. The van der Waals surface area contributed by atoms with Crippen LogP contribution in [0.3, 0.4) is 0 Å². The molecule has 0 saturated carbocycles. The number of hydrogen-bond donors (Lipinski definition) is 2. The fourth-order valence-corrected chi connectivity index (χ4v) is 8.56. The van der Waals surface area contributed by atoms with Gasteiger partial charge in [-0.3, -0.25) is 4.79 Å². The molecule has 0 bridgehead atoms. The predicted molar refractivity (Wildman–Crippen MR) is 134 cm³/mol. The third kappa shape index (κ3) is 7.44. The van der Waals surface area contributed by atoms with Crippen molar-refractivity contribution >= 4 is 30.8 Å². The van der Waals surface area contributed by atoms with Crippen molar-refractivity contribution in [2.24, 2.45) is 0 Å². The van der Waals surface area contributed by atoms with Crippen LogP contribution in [-0.4, -0.2) is 43.7 Å². The number of carbonyl (C=O) groups is 2. The van der Waals surface area contributed by atoms with Crippen molar-refractivity contribution in [3.63, 3.8) is 0 Å². The molecule has 180 valence electrons. The van der Waals surface area contributed by atoms with Gasteiger partial charge in [-0.25, -0.2) is 4.79 Å². The zero-order valence-corrected chi connectivity index (χ0v) is 21.6. The van der Waals surface area contributed by atoms with Gasteiger partial charge in [0.2, 0.25) is 0 Å². The van der Waals surface area contributed by atoms with Crippen LogP contribution in [0.4, 0.5) is 4.79 Å². The SMILES string of the molecule is CC(C)(C)OC(=O)N[C@H](CCC(=O)O)CO[Si](c1ccccc1)(c1ccccc1)C(C)(C)C. The van der Waals surface area contributed by atoms with E-state index in [1.807, 2.05) is 36.4 Å². The quantitative estimate of drug-likeness (QED) is 0.532. The minimum atomic E-state index is -2.81. The molecule has 6 nitrogen and oxygen atoms in total. The number of aliphatic carboxylic acids is 1. The monoisotopic (exact) mass is 471 g/mol. The van der Waals surface area contributed by atoms with Crippen molar-refractivity contribution in [1.29, 1.82) is 0 Å². The number of hydrogen-bond acceptors (Lipinski definition) is 4. The summed E-state index contributed by atoms with van der Waals surface area (Å²) < 4.78 is 12.3. The Balaban J connectivity index is 2.42. The van der Waals surface area contributed by atoms with Crippen LogP contribution < -0.4 is 15.7 Å². The Morgan fingerprint density at radius 1 is 0.909 bits per heavy atom. The number of nitrogens with one attached hydrogen (secondary N) is 1. The fourth-order valence-electron chi connectivity index (χ4n) is 3.96. The van der Waals surface area contributed by atoms with Gasteiger partial charge in [0.25, 0.3) is 8.32 Å². The third-order valence-electron chi connectivity index (χ3n) is 5.35. The van der Waals surface area contributed by atoms with Crippen LogP contribution in [0.1, 0.15) is 54.4 Å². The lowest BCUT2D eigenvalue weighted by Gasteiger charge is -2.43. The highest BCUT2D eigenvalue weighted by Gasteiger charge is 2.50. The molecule has 0 aliphatic carbocycles. The van der Waals surface area contributed by atoms with Crippen molar-refractivity contribution in [1.82, 2.24) is 5.32 Å². The molecule has 2 rings (SSSR count). The highest BCUT2D eigenvalue weighted by Crippen LogP contribution is 2.36. The summed E-state index contributed by atoms with van der Waals surface area (Å²) in [6, 6.07) is 19.9. The number of rotatable bonds is 9. The van der Waals surface area contributed by atoms with Gasteiger partial charge in [0.05, 0.1) is 12.6 Å². The summed E-state index contributed by atoms with van der Waals surface area (Å²) >= 11 is 0. The van der Waals surface area contributed by atoms with E-state index in [0.717, 1.165) is 10.4 Å². The van der Waals surface area contributed by atoms with Gasteiger partial charge in [0.15, 0.2) is 0 Å². The maximum Gasteiger partial charge on any atom is 0.407 e. The minimum Gasteiger partial charge on any atom is -0.481 e. The average Bonchev–Trinajstić information content (AvgIpc) is 2.71. The van der Waals surface area contributed by atoms with Gasteiger partial charge < -0.3 is 19.6 Å². The lowest BCUT2D eigenvalue weighted by atomic mass is 10.1. The molecule has 0 saturated heterocycles. The van der Waals surface area contributed by atoms with E-state index in [4.69, 9.17) is 9.16 Å². The summed E-state index contributed by atoms with van der Waals surface area (Å²) in [4.78, 5) is 23.7. The molecule has 0 aromatic heterocycles. The number of ether oxygens (including phenoxy) is 1. The van der Waals surface area contributed by atoms with Crippen LogP contribution >= 0.6 is 0 Å². The van der Waals surface area contributed by atoms with Crippen molar-refractivity contribution < 1.29 is 23.9 Å². The first-order valence-electron chi connectivity index (χ1n) is 11.3. The normalized spacial score (nSPS) is 13.3. The Bertz CT molecular complexity index is 864. The van der Waals surface area contributed by atoms with Crippen molar-refractivity contribution in [3.05, 3.63) is 60.7 Å². The van der Waals surface area contributed by atoms with Gasteiger partial charge in [-0.15, -0.1) is 0 Å². The molecule has 2 N–H and O–H groups in total. The summed E-state index contributed by atoms with van der Waals surface area (Å²) in [5.74, 6) is -0.920. The molecular formula is C26H37NO5Si. The zero-order valence-electron chi connectivity index (χ0n) is 20.6. The van der Waals surface area contributed by atoms with Crippen LogP contribution in [0.5, 0.6) is 0 Å².